The maximum Gasteiger partial charge on any atom is 0.262 e. The van der Waals surface area contributed by atoms with E-state index in [4.69, 9.17) is 10.7 Å². The van der Waals surface area contributed by atoms with Gasteiger partial charge in [0, 0.05) is 15.2 Å². The van der Waals surface area contributed by atoms with E-state index in [0.29, 0.717) is 4.47 Å². The van der Waals surface area contributed by atoms with Crippen LogP contribution in [0.5, 0.6) is 0 Å². The van der Waals surface area contributed by atoms with Gasteiger partial charge in [-0.25, -0.2) is 12.8 Å². The van der Waals surface area contributed by atoms with Gasteiger partial charge >= 0.3 is 0 Å². The van der Waals surface area contributed by atoms with Crippen molar-refractivity contribution < 1.29 is 12.8 Å². The molecule has 0 aliphatic rings. The van der Waals surface area contributed by atoms with Gasteiger partial charge in [-0.2, -0.15) is 0 Å². The molecule has 0 saturated heterocycles. The zero-order valence-corrected chi connectivity index (χ0v) is 10.6. The Morgan fingerprint density at radius 2 is 1.85 bits per heavy atom. The predicted molar refractivity (Wildman–Crippen MR) is 54.8 cm³/mol. The van der Waals surface area contributed by atoms with Crippen molar-refractivity contribution in [3.05, 3.63) is 26.9 Å². The average molecular weight is 352 g/mol. The third-order valence-corrected chi connectivity index (χ3v) is 4.09. The molecule has 0 N–H and O–H groups in total. The van der Waals surface area contributed by atoms with Gasteiger partial charge in [-0.15, -0.1) is 0 Å². The fraction of sp³-hybridized carbons (Fsp3) is 0. The molecule has 0 saturated carbocycles. The van der Waals surface area contributed by atoms with E-state index in [1.165, 1.54) is 6.07 Å². The third kappa shape index (κ3) is 2.65. The minimum atomic E-state index is -3.92. The van der Waals surface area contributed by atoms with Crippen LogP contribution in [-0.4, -0.2) is 8.42 Å². The summed E-state index contributed by atoms with van der Waals surface area (Å²) in [5, 5.41) is 0. The Hall–Kier alpha value is 0.350. The van der Waals surface area contributed by atoms with Crippen molar-refractivity contribution in [2.45, 2.75) is 4.90 Å². The molecule has 0 fully saturated rings. The lowest BCUT2D eigenvalue weighted by atomic mass is 10.3. The second-order valence-electron chi connectivity index (χ2n) is 2.14. The van der Waals surface area contributed by atoms with E-state index >= 15 is 0 Å². The Bertz CT molecular complexity index is 446. The summed E-state index contributed by atoms with van der Waals surface area (Å²) < 4.78 is 34.9. The molecule has 2 nitrogen and oxygen atoms in total. The Kier molecular flexibility index (Phi) is 3.38. The van der Waals surface area contributed by atoms with Crippen molar-refractivity contribution in [2.75, 3.05) is 0 Å². The standard InChI is InChI=1S/C6H2Br2ClFO2S/c7-3-1-4(10)6(8)5(2-3)13(9,11)12/h1-2H. The molecule has 72 valence electrons. The second-order valence-corrected chi connectivity index (χ2v) is 6.38. The highest BCUT2D eigenvalue weighted by atomic mass is 79.9. The Balaban J connectivity index is 3.56. The molecule has 1 aromatic rings. The third-order valence-electron chi connectivity index (χ3n) is 1.22. The van der Waals surface area contributed by atoms with E-state index in [2.05, 4.69) is 31.9 Å². The van der Waals surface area contributed by atoms with Gasteiger partial charge in [-0.05, 0) is 28.1 Å². The van der Waals surface area contributed by atoms with E-state index in [-0.39, 0.29) is 9.37 Å². The van der Waals surface area contributed by atoms with Crippen LogP contribution in [0.25, 0.3) is 0 Å². The number of hydrogen-bond donors (Lipinski definition) is 0. The first kappa shape index (κ1) is 11.4. The summed E-state index contributed by atoms with van der Waals surface area (Å²) in [6.45, 7) is 0. The van der Waals surface area contributed by atoms with Crippen LogP contribution in [0.1, 0.15) is 0 Å². The minimum absolute atomic E-state index is 0.161. The number of hydrogen-bond acceptors (Lipinski definition) is 2. The van der Waals surface area contributed by atoms with Crippen LogP contribution in [-0.2, 0) is 9.05 Å². The van der Waals surface area contributed by atoms with Gasteiger partial charge in [0.15, 0.2) is 0 Å². The quantitative estimate of drug-likeness (QED) is 0.574. The van der Waals surface area contributed by atoms with Gasteiger partial charge < -0.3 is 0 Å². The van der Waals surface area contributed by atoms with Crippen molar-refractivity contribution in [1.82, 2.24) is 0 Å². The molecule has 0 aromatic heterocycles. The maximum atomic E-state index is 13.0. The van der Waals surface area contributed by atoms with Crippen molar-refractivity contribution in [3.8, 4) is 0 Å². The SMILES string of the molecule is O=S(=O)(Cl)c1cc(Br)cc(F)c1Br. The van der Waals surface area contributed by atoms with E-state index in [0.717, 1.165) is 6.07 Å². The lowest BCUT2D eigenvalue weighted by Gasteiger charge is -2.01. The summed E-state index contributed by atoms with van der Waals surface area (Å²) in [5.74, 6) is -0.686. The first-order chi connectivity index (χ1) is 5.82. The van der Waals surface area contributed by atoms with Gasteiger partial charge in [-0.1, -0.05) is 15.9 Å². The molecule has 0 aliphatic carbocycles. The highest BCUT2D eigenvalue weighted by Crippen LogP contribution is 2.30. The first-order valence-corrected chi connectivity index (χ1v) is 6.81. The molecular weight excluding hydrogens is 350 g/mol. The minimum Gasteiger partial charge on any atom is -0.207 e. The molecule has 0 atom stereocenters. The highest BCUT2D eigenvalue weighted by Gasteiger charge is 2.18. The van der Waals surface area contributed by atoms with Crippen molar-refractivity contribution in [1.29, 1.82) is 0 Å². The van der Waals surface area contributed by atoms with Crippen LogP contribution in [0, 0.1) is 5.82 Å². The Morgan fingerprint density at radius 1 is 1.31 bits per heavy atom. The van der Waals surface area contributed by atoms with Crippen LogP contribution >= 0.6 is 42.5 Å². The molecule has 0 bridgehead atoms. The fourth-order valence-corrected chi connectivity index (χ4v) is 3.38. The van der Waals surface area contributed by atoms with E-state index < -0.39 is 14.9 Å². The highest BCUT2D eigenvalue weighted by molar-refractivity contribution is 9.11. The molecule has 0 unspecified atom stereocenters. The van der Waals surface area contributed by atoms with Gasteiger partial charge in [0.2, 0.25) is 0 Å². The summed E-state index contributed by atoms with van der Waals surface area (Å²) in [5.41, 5.74) is 0. The lowest BCUT2D eigenvalue weighted by molar-refractivity contribution is 0.597. The number of rotatable bonds is 1. The summed E-state index contributed by atoms with van der Waals surface area (Å²) in [7, 11) is 1.14. The molecule has 0 aliphatic heterocycles. The van der Waals surface area contributed by atoms with Gasteiger partial charge in [0.1, 0.15) is 10.7 Å². The van der Waals surface area contributed by atoms with E-state index in [9.17, 15) is 12.8 Å². The topological polar surface area (TPSA) is 34.1 Å². The molecule has 7 heteroatoms. The maximum absolute atomic E-state index is 13.0. The predicted octanol–water partition coefficient (Wildman–Crippen LogP) is 3.28. The molecule has 0 amide bonds. The molecule has 0 spiro atoms. The zero-order valence-electron chi connectivity index (χ0n) is 5.89. The van der Waals surface area contributed by atoms with Crippen molar-refractivity contribution in [2.24, 2.45) is 0 Å². The van der Waals surface area contributed by atoms with Crippen LogP contribution in [0.3, 0.4) is 0 Å². The normalized spacial score (nSPS) is 11.7. The summed E-state index contributed by atoms with van der Waals surface area (Å²) in [6, 6.07) is 2.35. The fourth-order valence-electron chi connectivity index (χ4n) is 0.710. The Labute approximate surface area is 95.8 Å². The van der Waals surface area contributed by atoms with Gasteiger partial charge in [-0.3, -0.25) is 0 Å². The molecule has 0 heterocycles. The van der Waals surface area contributed by atoms with Crippen molar-refractivity contribution >= 4 is 51.6 Å². The van der Waals surface area contributed by atoms with Gasteiger partial charge in [0.25, 0.3) is 9.05 Å². The monoisotopic (exact) mass is 350 g/mol. The van der Waals surface area contributed by atoms with Crippen LogP contribution in [0.4, 0.5) is 4.39 Å². The van der Waals surface area contributed by atoms with Crippen molar-refractivity contribution in [3.63, 3.8) is 0 Å². The smallest absolute Gasteiger partial charge is 0.207 e. The first-order valence-electron chi connectivity index (χ1n) is 2.91. The van der Waals surface area contributed by atoms with Gasteiger partial charge in [0.05, 0.1) is 4.47 Å². The molecule has 1 aromatic carbocycles. The van der Waals surface area contributed by atoms with Crippen LogP contribution < -0.4 is 0 Å². The number of benzene rings is 1. The summed E-state index contributed by atoms with van der Waals surface area (Å²) in [4.78, 5) is -0.291. The molecule has 1 rings (SSSR count). The van der Waals surface area contributed by atoms with Crippen LogP contribution in [0.15, 0.2) is 26.0 Å². The molecule has 0 radical (unpaired) electrons. The Morgan fingerprint density at radius 3 is 2.31 bits per heavy atom. The number of halogens is 4. The molecular formula is C6H2Br2ClFO2S. The molecule has 13 heavy (non-hydrogen) atoms. The summed E-state index contributed by atoms with van der Waals surface area (Å²) >= 11 is 5.75. The summed E-state index contributed by atoms with van der Waals surface area (Å²) in [6.07, 6.45) is 0. The largest absolute Gasteiger partial charge is 0.262 e. The lowest BCUT2D eigenvalue weighted by Crippen LogP contribution is -1.94. The zero-order chi connectivity index (χ0) is 10.2. The van der Waals surface area contributed by atoms with E-state index in [1.807, 2.05) is 0 Å². The second kappa shape index (κ2) is 3.84. The van der Waals surface area contributed by atoms with Crippen LogP contribution in [0.2, 0.25) is 0 Å². The average Bonchev–Trinajstić information content (AvgIpc) is 1.94. The van der Waals surface area contributed by atoms with E-state index in [1.54, 1.807) is 0 Å².